The maximum atomic E-state index is 6.55. The Morgan fingerprint density at radius 1 is 0.328 bits per heavy atom. The summed E-state index contributed by atoms with van der Waals surface area (Å²) in [5, 5.41) is 4.68. The molecule has 284 valence electrons. The summed E-state index contributed by atoms with van der Waals surface area (Å²) in [4.78, 5) is 2.46. The third-order valence-corrected chi connectivity index (χ3v) is 13.3. The molecule has 0 radical (unpaired) electrons. The molecule has 0 aliphatic heterocycles. The number of rotatable bonds is 4. The first-order valence-electron chi connectivity index (χ1n) is 21.1. The standard InChI is InChI=1S/C59H37NO/c1-2-17-38(18-3-1)42-21-10-14-29-54(42)60(55-30-16-32-57-58(55)47-26-11-15-31-56(47)61-57)41-33-34-52-49(37-41)44-23-7-6-22-43(44)45-24-8-12-27-50(45)59(52)51-28-13-9-25-46(51)48-35-39-19-4-5-20-40(39)36-53(48)59/h1-37H. The van der Waals surface area contributed by atoms with Crippen LogP contribution >= 0.6 is 0 Å². The number of anilines is 3. The highest BCUT2D eigenvalue weighted by atomic mass is 16.3. The number of nitrogens with zero attached hydrogens (tertiary/aromatic N) is 1. The summed E-state index contributed by atoms with van der Waals surface area (Å²) in [5.41, 5.74) is 19.4. The zero-order valence-electron chi connectivity index (χ0n) is 33.2. The van der Waals surface area contributed by atoms with E-state index in [2.05, 4.69) is 223 Å². The van der Waals surface area contributed by atoms with Crippen molar-refractivity contribution in [1.82, 2.24) is 0 Å². The molecule has 1 atom stereocenters. The number of para-hydroxylation sites is 2. The monoisotopic (exact) mass is 775 g/mol. The smallest absolute Gasteiger partial charge is 0.137 e. The molecule has 1 heterocycles. The Kier molecular flexibility index (Phi) is 7.26. The average molecular weight is 776 g/mol. The molecule has 0 bridgehead atoms. The van der Waals surface area contributed by atoms with E-state index in [1.54, 1.807) is 0 Å². The zero-order valence-corrected chi connectivity index (χ0v) is 33.2. The minimum Gasteiger partial charge on any atom is -0.456 e. The van der Waals surface area contributed by atoms with Gasteiger partial charge in [0.2, 0.25) is 0 Å². The van der Waals surface area contributed by atoms with Gasteiger partial charge in [-0.05, 0) is 121 Å². The van der Waals surface area contributed by atoms with Crippen LogP contribution in [0.5, 0.6) is 0 Å². The van der Waals surface area contributed by atoms with Crippen LogP contribution in [0.15, 0.2) is 229 Å². The Morgan fingerprint density at radius 3 is 1.66 bits per heavy atom. The topological polar surface area (TPSA) is 16.4 Å². The summed E-state index contributed by atoms with van der Waals surface area (Å²) in [7, 11) is 0. The summed E-state index contributed by atoms with van der Waals surface area (Å²) in [6.07, 6.45) is 0. The molecule has 61 heavy (non-hydrogen) atoms. The van der Waals surface area contributed by atoms with E-state index in [9.17, 15) is 0 Å². The maximum Gasteiger partial charge on any atom is 0.137 e. The predicted molar refractivity (Wildman–Crippen MR) is 253 cm³/mol. The SMILES string of the molecule is c1ccc(-c2ccccc2N(c2ccc3c(c2)-c2ccccc2-c2ccccc2C32c3ccccc3-c3cc4ccccc4cc32)c2cccc3oc4ccccc4c23)cc1. The van der Waals surface area contributed by atoms with E-state index in [0.29, 0.717) is 0 Å². The van der Waals surface area contributed by atoms with Crippen molar-refractivity contribution >= 4 is 49.8 Å². The molecule has 1 spiro atoms. The first-order chi connectivity index (χ1) is 30.3. The van der Waals surface area contributed by atoms with Gasteiger partial charge in [-0.2, -0.15) is 0 Å². The van der Waals surface area contributed by atoms with E-state index >= 15 is 0 Å². The second-order valence-corrected chi connectivity index (χ2v) is 16.3. The second kappa shape index (κ2) is 13.0. The van der Waals surface area contributed by atoms with Gasteiger partial charge in [-0.1, -0.05) is 176 Å². The Morgan fingerprint density at radius 2 is 0.869 bits per heavy atom. The van der Waals surface area contributed by atoms with Crippen LogP contribution in [0.3, 0.4) is 0 Å². The van der Waals surface area contributed by atoms with Crippen molar-refractivity contribution in [3.63, 3.8) is 0 Å². The zero-order chi connectivity index (χ0) is 40.1. The molecule has 0 N–H and O–H groups in total. The van der Waals surface area contributed by atoms with E-state index in [0.717, 1.165) is 50.1 Å². The Balaban J connectivity index is 1.17. The van der Waals surface area contributed by atoms with Crippen molar-refractivity contribution < 1.29 is 4.42 Å². The van der Waals surface area contributed by atoms with Crippen molar-refractivity contribution in [1.29, 1.82) is 0 Å². The third-order valence-electron chi connectivity index (χ3n) is 13.3. The van der Waals surface area contributed by atoms with Gasteiger partial charge in [0.25, 0.3) is 0 Å². The normalized spacial score (nSPS) is 14.6. The fraction of sp³-hybridized carbons (Fsp3) is 0.0169. The average Bonchev–Trinajstić information content (AvgIpc) is 3.82. The molecule has 0 saturated heterocycles. The fourth-order valence-electron chi connectivity index (χ4n) is 10.8. The van der Waals surface area contributed by atoms with Gasteiger partial charge >= 0.3 is 0 Å². The molecular formula is C59H37NO. The van der Waals surface area contributed by atoms with Crippen LogP contribution in [0.25, 0.3) is 77.2 Å². The molecule has 2 aliphatic carbocycles. The number of hydrogen-bond donors (Lipinski definition) is 0. The highest BCUT2D eigenvalue weighted by molar-refractivity contribution is 6.14. The first-order valence-corrected chi connectivity index (χ1v) is 21.1. The summed E-state index contributed by atoms with van der Waals surface area (Å²) < 4.78 is 6.55. The maximum absolute atomic E-state index is 6.55. The molecule has 11 aromatic rings. The lowest BCUT2D eigenvalue weighted by Gasteiger charge is -2.36. The highest BCUT2D eigenvalue weighted by Crippen LogP contribution is 2.62. The molecule has 0 saturated carbocycles. The van der Waals surface area contributed by atoms with Gasteiger partial charge in [-0.3, -0.25) is 0 Å². The van der Waals surface area contributed by atoms with Crippen LogP contribution in [0.1, 0.15) is 22.3 Å². The lowest BCUT2D eigenvalue weighted by molar-refractivity contribution is 0.669. The summed E-state index contributed by atoms with van der Waals surface area (Å²) >= 11 is 0. The summed E-state index contributed by atoms with van der Waals surface area (Å²) in [6, 6.07) is 82.6. The van der Waals surface area contributed by atoms with Gasteiger partial charge in [0.05, 0.1) is 22.2 Å². The van der Waals surface area contributed by atoms with Gasteiger partial charge in [-0.15, -0.1) is 0 Å². The summed E-state index contributed by atoms with van der Waals surface area (Å²) in [6.45, 7) is 0. The van der Waals surface area contributed by atoms with E-state index in [1.165, 1.54) is 66.4 Å². The first kappa shape index (κ1) is 34.0. The Hall–Kier alpha value is -7.94. The van der Waals surface area contributed by atoms with Crippen LogP contribution in [0.2, 0.25) is 0 Å². The molecule has 1 unspecified atom stereocenters. The third kappa shape index (κ3) is 4.79. The van der Waals surface area contributed by atoms with Crippen LogP contribution in [-0.2, 0) is 5.41 Å². The van der Waals surface area contributed by atoms with Crippen molar-refractivity contribution in [2.45, 2.75) is 5.41 Å². The minimum absolute atomic E-state index is 0.590. The van der Waals surface area contributed by atoms with Gasteiger partial charge < -0.3 is 9.32 Å². The van der Waals surface area contributed by atoms with Crippen molar-refractivity contribution in [3.05, 3.63) is 247 Å². The van der Waals surface area contributed by atoms with Gasteiger partial charge in [0, 0.05) is 16.6 Å². The van der Waals surface area contributed by atoms with Gasteiger partial charge in [0.15, 0.2) is 0 Å². The molecule has 0 fully saturated rings. The molecule has 13 rings (SSSR count). The van der Waals surface area contributed by atoms with Crippen LogP contribution in [0, 0.1) is 0 Å². The molecule has 1 aromatic heterocycles. The van der Waals surface area contributed by atoms with E-state index in [-0.39, 0.29) is 0 Å². The van der Waals surface area contributed by atoms with Crippen molar-refractivity contribution in [2.24, 2.45) is 0 Å². The molecular weight excluding hydrogens is 739 g/mol. The summed E-state index contributed by atoms with van der Waals surface area (Å²) in [5.74, 6) is 0. The van der Waals surface area contributed by atoms with Crippen LogP contribution in [0.4, 0.5) is 17.1 Å². The van der Waals surface area contributed by atoms with Crippen LogP contribution in [-0.4, -0.2) is 0 Å². The Bertz CT molecular complexity index is 3560. The van der Waals surface area contributed by atoms with E-state index in [4.69, 9.17) is 4.42 Å². The minimum atomic E-state index is -0.590. The van der Waals surface area contributed by atoms with Crippen molar-refractivity contribution in [2.75, 3.05) is 4.90 Å². The molecule has 0 amide bonds. The predicted octanol–water partition coefficient (Wildman–Crippen LogP) is 15.9. The van der Waals surface area contributed by atoms with Gasteiger partial charge in [0.1, 0.15) is 11.2 Å². The largest absolute Gasteiger partial charge is 0.456 e. The second-order valence-electron chi connectivity index (χ2n) is 16.3. The lowest BCUT2D eigenvalue weighted by Crippen LogP contribution is -2.29. The number of benzene rings is 10. The van der Waals surface area contributed by atoms with Crippen LogP contribution < -0.4 is 4.90 Å². The Labute approximate surface area is 354 Å². The molecule has 2 heteroatoms. The number of hydrogen-bond acceptors (Lipinski definition) is 2. The van der Waals surface area contributed by atoms with Crippen molar-refractivity contribution in [3.8, 4) is 44.5 Å². The molecule has 2 nitrogen and oxygen atoms in total. The molecule has 10 aromatic carbocycles. The number of furan rings is 1. The lowest BCUT2D eigenvalue weighted by atomic mass is 9.65. The van der Waals surface area contributed by atoms with E-state index < -0.39 is 5.41 Å². The fourth-order valence-corrected chi connectivity index (χ4v) is 10.8. The number of fused-ring (bicyclic) bond motifs is 16. The van der Waals surface area contributed by atoms with E-state index in [1.807, 2.05) is 6.07 Å². The van der Waals surface area contributed by atoms with Gasteiger partial charge in [-0.25, -0.2) is 0 Å². The highest BCUT2D eigenvalue weighted by Gasteiger charge is 2.50. The quantitative estimate of drug-likeness (QED) is 0.177. The molecule has 2 aliphatic rings.